The van der Waals surface area contributed by atoms with Crippen LogP contribution >= 0.6 is 0 Å². The van der Waals surface area contributed by atoms with E-state index >= 15 is 0 Å². The van der Waals surface area contributed by atoms with Gasteiger partial charge in [0.1, 0.15) is 12.0 Å². The molecule has 2 heterocycles. The van der Waals surface area contributed by atoms with Gasteiger partial charge in [-0.2, -0.15) is 0 Å². The standard InChI is InChI=1S/C14H21N5O4/c1-23-12(7-15)6-14(20)18-5-4-10(9-18)17-13-3-2-11(8-16-13)19(21)22/h2-3,8,10,12H,4-7,9,15H2,1H3,(H,16,17). The Hall–Kier alpha value is -2.26. The zero-order valence-electron chi connectivity index (χ0n) is 13.0. The van der Waals surface area contributed by atoms with Crippen molar-refractivity contribution < 1.29 is 14.5 Å². The van der Waals surface area contributed by atoms with Gasteiger partial charge in [0.15, 0.2) is 0 Å². The van der Waals surface area contributed by atoms with Crippen LogP contribution in [0.5, 0.6) is 0 Å². The Kier molecular flexibility index (Phi) is 5.83. The van der Waals surface area contributed by atoms with E-state index in [2.05, 4.69) is 10.3 Å². The molecule has 1 aliphatic heterocycles. The number of amides is 1. The largest absolute Gasteiger partial charge is 0.380 e. The predicted molar refractivity (Wildman–Crippen MR) is 84.0 cm³/mol. The molecule has 3 N–H and O–H groups in total. The molecule has 1 aromatic heterocycles. The average molecular weight is 323 g/mol. The summed E-state index contributed by atoms with van der Waals surface area (Å²) in [6.07, 6.45) is 2.02. The molecule has 9 heteroatoms. The molecule has 126 valence electrons. The van der Waals surface area contributed by atoms with E-state index < -0.39 is 4.92 Å². The molecule has 0 radical (unpaired) electrons. The second-order valence-electron chi connectivity index (χ2n) is 5.43. The van der Waals surface area contributed by atoms with Crippen molar-refractivity contribution in [2.24, 2.45) is 5.73 Å². The van der Waals surface area contributed by atoms with Crippen molar-refractivity contribution in [1.29, 1.82) is 0 Å². The number of methoxy groups -OCH3 is 1. The quantitative estimate of drug-likeness (QED) is 0.548. The molecule has 0 bridgehead atoms. The van der Waals surface area contributed by atoms with Crippen LogP contribution < -0.4 is 11.1 Å². The molecule has 9 nitrogen and oxygen atoms in total. The summed E-state index contributed by atoms with van der Waals surface area (Å²) < 4.78 is 5.13. The predicted octanol–water partition coefficient (Wildman–Crippen LogP) is 0.366. The Bertz CT molecular complexity index is 547. The lowest BCUT2D eigenvalue weighted by molar-refractivity contribution is -0.385. The molecule has 0 spiro atoms. The third-order valence-electron chi connectivity index (χ3n) is 3.85. The fourth-order valence-corrected chi connectivity index (χ4v) is 2.48. The smallest absolute Gasteiger partial charge is 0.287 e. The molecule has 2 unspecified atom stereocenters. The highest BCUT2D eigenvalue weighted by Crippen LogP contribution is 2.17. The van der Waals surface area contributed by atoms with Gasteiger partial charge in [-0.05, 0) is 12.5 Å². The minimum atomic E-state index is -0.490. The highest BCUT2D eigenvalue weighted by molar-refractivity contribution is 5.77. The van der Waals surface area contributed by atoms with Crippen molar-refractivity contribution in [1.82, 2.24) is 9.88 Å². The number of nitrogens with zero attached hydrogens (tertiary/aromatic N) is 3. The molecular formula is C14H21N5O4. The first kappa shape index (κ1) is 17.1. The minimum Gasteiger partial charge on any atom is -0.380 e. The molecule has 23 heavy (non-hydrogen) atoms. The Morgan fingerprint density at radius 3 is 3.00 bits per heavy atom. The molecule has 0 aliphatic carbocycles. The van der Waals surface area contributed by atoms with Gasteiger partial charge in [0.2, 0.25) is 5.91 Å². The van der Waals surface area contributed by atoms with Gasteiger partial charge >= 0.3 is 0 Å². The molecular weight excluding hydrogens is 302 g/mol. The summed E-state index contributed by atoms with van der Waals surface area (Å²) in [6.45, 7) is 1.54. The Balaban J connectivity index is 1.85. The summed E-state index contributed by atoms with van der Waals surface area (Å²) in [5.41, 5.74) is 5.48. The Morgan fingerprint density at radius 1 is 1.65 bits per heavy atom. The van der Waals surface area contributed by atoms with Gasteiger partial charge in [0.05, 0.1) is 17.4 Å². The highest BCUT2D eigenvalue weighted by atomic mass is 16.6. The molecule has 0 saturated carbocycles. The highest BCUT2D eigenvalue weighted by Gasteiger charge is 2.27. The summed E-state index contributed by atoms with van der Waals surface area (Å²) in [6, 6.07) is 3.04. The summed E-state index contributed by atoms with van der Waals surface area (Å²) in [7, 11) is 1.54. The van der Waals surface area contributed by atoms with E-state index in [-0.39, 0.29) is 30.2 Å². The van der Waals surface area contributed by atoms with Gasteiger partial charge in [-0.25, -0.2) is 4.98 Å². The average Bonchev–Trinajstić information content (AvgIpc) is 3.01. The number of nitro groups is 1. The summed E-state index contributed by atoms with van der Waals surface area (Å²) >= 11 is 0. The normalized spacial score (nSPS) is 18.7. The first-order chi connectivity index (χ1) is 11.0. The van der Waals surface area contributed by atoms with E-state index in [1.165, 1.54) is 12.3 Å². The van der Waals surface area contributed by atoms with Crippen LogP contribution in [0, 0.1) is 10.1 Å². The number of ether oxygens (including phenoxy) is 1. The first-order valence-corrected chi connectivity index (χ1v) is 7.41. The van der Waals surface area contributed by atoms with E-state index in [0.717, 1.165) is 6.42 Å². The number of hydrogen-bond donors (Lipinski definition) is 2. The summed E-state index contributed by atoms with van der Waals surface area (Å²) in [5, 5.41) is 13.8. The number of anilines is 1. The van der Waals surface area contributed by atoms with Gasteiger partial charge in [-0.3, -0.25) is 14.9 Å². The monoisotopic (exact) mass is 323 g/mol. The van der Waals surface area contributed by atoms with Crippen molar-refractivity contribution in [3.63, 3.8) is 0 Å². The lowest BCUT2D eigenvalue weighted by atomic mass is 10.2. The molecule has 2 atom stereocenters. The fraction of sp³-hybridized carbons (Fsp3) is 0.571. The van der Waals surface area contributed by atoms with Crippen LogP contribution in [0.25, 0.3) is 0 Å². The van der Waals surface area contributed by atoms with Gasteiger partial charge in [0.25, 0.3) is 5.69 Å². The number of likely N-dealkylation sites (tertiary alicyclic amines) is 1. The minimum absolute atomic E-state index is 0.0169. The van der Waals surface area contributed by atoms with Crippen molar-refractivity contribution in [3.8, 4) is 0 Å². The molecule has 1 amide bonds. The van der Waals surface area contributed by atoms with E-state index in [1.54, 1.807) is 18.1 Å². The van der Waals surface area contributed by atoms with Gasteiger partial charge in [-0.15, -0.1) is 0 Å². The molecule has 1 aromatic rings. The number of carbonyl (C=O) groups excluding carboxylic acids is 1. The van der Waals surface area contributed by atoms with Crippen molar-refractivity contribution in [3.05, 3.63) is 28.4 Å². The second-order valence-corrected chi connectivity index (χ2v) is 5.43. The van der Waals surface area contributed by atoms with Crippen LogP contribution in [0.4, 0.5) is 11.5 Å². The molecule has 1 saturated heterocycles. The SMILES string of the molecule is COC(CN)CC(=O)N1CCC(Nc2ccc([N+](=O)[O-])cn2)C1. The fourth-order valence-electron chi connectivity index (χ4n) is 2.48. The Labute approximate surface area is 134 Å². The first-order valence-electron chi connectivity index (χ1n) is 7.41. The zero-order valence-corrected chi connectivity index (χ0v) is 13.0. The third kappa shape index (κ3) is 4.60. The summed E-state index contributed by atoms with van der Waals surface area (Å²) in [5.74, 6) is 0.579. The molecule has 2 rings (SSSR count). The van der Waals surface area contributed by atoms with Gasteiger partial charge in [-0.1, -0.05) is 0 Å². The topological polar surface area (TPSA) is 124 Å². The summed E-state index contributed by atoms with van der Waals surface area (Å²) in [4.78, 5) is 28.1. The van der Waals surface area contributed by atoms with Crippen LogP contribution in [0.15, 0.2) is 18.3 Å². The van der Waals surface area contributed by atoms with Crippen molar-refractivity contribution in [2.75, 3.05) is 32.1 Å². The van der Waals surface area contributed by atoms with Crippen LogP contribution in [0.3, 0.4) is 0 Å². The van der Waals surface area contributed by atoms with Crippen molar-refractivity contribution in [2.45, 2.75) is 25.0 Å². The zero-order chi connectivity index (χ0) is 16.8. The number of pyridine rings is 1. The maximum absolute atomic E-state index is 12.2. The maximum Gasteiger partial charge on any atom is 0.287 e. The lowest BCUT2D eigenvalue weighted by Gasteiger charge is -2.20. The van der Waals surface area contributed by atoms with E-state index in [9.17, 15) is 14.9 Å². The van der Waals surface area contributed by atoms with Crippen LogP contribution in [-0.4, -0.2) is 59.6 Å². The number of aromatic nitrogens is 1. The van der Waals surface area contributed by atoms with Crippen LogP contribution in [0.2, 0.25) is 0 Å². The maximum atomic E-state index is 12.2. The Morgan fingerprint density at radius 2 is 2.43 bits per heavy atom. The number of hydrogen-bond acceptors (Lipinski definition) is 7. The van der Waals surface area contributed by atoms with Gasteiger partial charge < -0.3 is 20.7 Å². The lowest BCUT2D eigenvalue weighted by Crippen LogP contribution is -2.36. The van der Waals surface area contributed by atoms with E-state index in [4.69, 9.17) is 10.5 Å². The molecule has 0 aromatic carbocycles. The van der Waals surface area contributed by atoms with Gasteiger partial charge in [0, 0.05) is 38.9 Å². The van der Waals surface area contributed by atoms with Crippen LogP contribution in [0.1, 0.15) is 12.8 Å². The number of carbonyl (C=O) groups is 1. The van der Waals surface area contributed by atoms with E-state index in [1.807, 2.05) is 0 Å². The molecule has 1 aliphatic rings. The third-order valence-corrected chi connectivity index (χ3v) is 3.85. The second kappa shape index (κ2) is 7.84. The number of nitrogens with one attached hydrogen (secondary N) is 1. The number of rotatable bonds is 7. The van der Waals surface area contributed by atoms with E-state index in [0.29, 0.717) is 25.5 Å². The molecule has 1 fully saturated rings. The van der Waals surface area contributed by atoms with Crippen molar-refractivity contribution >= 4 is 17.4 Å². The number of nitrogens with two attached hydrogens (primary N) is 1. The van der Waals surface area contributed by atoms with Crippen LogP contribution in [-0.2, 0) is 9.53 Å².